The Hall–Kier alpha value is -5.28. The zero-order chi connectivity index (χ0) is 25.5. The lowest BCUT2D eigenvalue weighted by Gasteiger charge is -2.22. The van der Waals surface area contributed by atoms with Crippen molar-refractivity contribution in [2.24, 2.45) is 0 Å². The zero-order valence-corrected chi connectivity index (χ0v) is 20.8. The van der Waals surface area contributed by atoms with E-state index in [-0.39, 0.29) is 0 Å². The van der Waals surface area contributed by atoms with Gasteiger partial charge in [0.15, 0.2) is 0 Å². The van der Waals surface area contributed by atoms with E-state index in [0.717, 1.165) is 77.8 Å². The van der Waals surface area contributed by atoms with Gasteiger partial charge in [-0.05, 0) is 58.8 Å². The van der Waals surface area contributed by atoms with E-state index in [9.17, 15) is 0 Å². The monoisotopic (exact) mass is 500 g/mol. The molecule has 0 bridgehead atoms. The van der Waals surface area contributed by atoms with E-state index in [1.807, 2.05) is 24.3 Å². The van der Waals surface area contributed by atoms with Crippen molar-refractivity contribution in [1.82, 2.24) is 0 Å². The molecule has 0 fully saturated rings. The molecular formula is C36H20O3. The summed E-state index contributed by atoms with van der Waals surface area (Å²) in [7, 11) is 0. The number of rotatable bonds is 2. The molecule has 2 aromatic heterocycles. The maximum absolute atomic E-state index is 6.60. The molecule has 182 valence electrons. The Balaban J connectivity index is 1.24. The summed E-state index contributed by atoms with van der Waals surface area (Å²) in [6.07, 6.45) is 0. The van der Waals surface area contributed by atoms with Crippen molar-refractivity contribution in [2.45, 2.75) is 0 Å². The summed E-state index contributed by atoms with van der Waals surface area (Å²) in [4.78, 5) is 0. The SMILES string of the molecule is c1ccc2c(c1)Oc1ccc(-c3ccc(-c4cccc5oc6c7ccccc7ccc6c45)o3)c3cccc-2c13. The van der Waals surface area contributed by atoms with Gasteiger partial charge in [-0.25, -0.2) is 0 Å². The fourth-order valence-electron chi connectivity index (χ4n) is 6.18. The molecule has 3 nitrogen and oxygen atoms in total. The number of hydrogen-bond donors (Lipinski definition) is 0. The molecule has 0 amide bonds. The van der Waals surface area contributed by atoms with E-state index in [1.54, 1.807) is 0 Å². The molecule has 1 aliphatic rings. The fraction of sp³-hybridized carbons (Fsp3) is 0. The highest BCUT2D eigenvalue weighted by atomic mass is 16.5. The summed E-state index contributed by atoms with van der Waals surface area (Å²) in [5.41, 5.74) is 6.12. The molecule has 3 heterocycles. The summed E-state index contributed by atoms with van der Waals surface area (Å²) in [5.74, 6) is 3.40. The van der Waals surface area contributed by atoms with Crippen molar-refractivity contribution < 1.29 is 13.6 Å². The normalized spacial score (nSPS) is 12.3. The molecule has 0 N–H and O–H groups in total. The summed E-state index contributed by atoms with van der Waals surface area (Å²) in [5, 5.41) is 6.67. The van der Waals surface area contributed by atoms with Crippen molar-refractivity contribution >= 4 is 43.5 Å². The first kappa shape index (κ1) is 20.7. The summed E-state index contributed by atoms with van der Waals surface area (Å²) < 4.78 is 19.3. The van der Waals surface area contributed by atoms with Gasteiger partial charge in [-0.1, -0.05) is 78.9 Å². The zero-order valence-electron chi connectivity index (χ0n) is 20.8. The standard InChI is InChI=1S/C36H20O3/c1-2-8-22-21(7-1)15-16-28-35-27(12-6-14-32(35)39-36(22)28)31-20-19-30(37-31)24-17-18-33-34-25(10-5-11-26(24)34)23-9-3-4-13-29(23)38-33/h1-20H. The highest BCUT2D eigenvalue weighted by Gasteiger charge is 2.22. The van der Waals surface area contributed by atoms with Crippen molar-refractivity contribution in [1.29, 1.82) is 0 Å². The van der Waals surface area contributed by atoms with Crippen LogP contribution in [0.5, 0.6) is 11.5 Å². The van der Waals surface area contributed by atoms with Crippen LogP contribution in [0.3, 0.4) is 0 Å². The number of hydrogen-bond acceptors (Lipinski definition) is 3. The van der Waals surface area contributed by atoms with Gasteiger partial charge in [0.1, 0.15) is 34.2 Å². The van der Waals surface area contributed by atoms with Crippen LogP contribution in [0.25, 0.3) is 77.3 Å². The van der Waals surface area contributed by atoms with Gasteiger partial charge in [0.25, 0.3) is 0 Å². The Morgan fingerprint density at radius 1 is 0.385 bits per heavy atom. The van der Waals surface area contributed by atoms with Crippen LogP contribution in [0.1, 0.15) is 0 Å². The smallest absolute Gasteiger partial charge is 0.143 e. The minimum absolute atomic E-state index is 0.813. The molecule has 0 saturated heterocycles. The van der Waals surface area contributed by atoms with E-state index in [2.05, 4.69) is 97.1 Å². The highest BCUT2D eigenvalue weighted by Crippen LogP contribution is 2.49. The molecule has 0 spiro atoms. The second-order valence-electron chi connectivity index (χ2n) is 10.0. The first-order chi connectivity index (χ1) is 19.3. The lowest BCUT2D eigenvalue weighted by molar-refractivity contribution is 0.487. The Bertz CT molecular complexity index is 2260. The van der Waals surface area contributed by atoms with Crippen LogP contribution in [0.2, 0.25) is 0 Å². The molecule has 0 unspecified atom stereocenters. The maximum atomic E-state index is 6.60. The number of benzene rings is 6. The van der Waals surface area contributed by atoms with Gasteiger partial charge in [-0.15, -0.1) is 0 Å². The molecule has 0 saturated carbocycles. The van der Waals surface area contributed by atoms with Crippen LogP contribution in [-0.4, -0.2) is 0 Å². The molecule has 6 aromatic carbocycles. The maximum Gasteiger partial charge on any atom is 0.143 e. The Kier molecular flexibility index (Phi) is 4.05. The van der Waals surface area contributed by atoms with Crippen LogP contribution >= 0.6 is 0 Å². The predicted molar refractivity (Wildman–Crippen MR) is 157 cm³/mol. The average molecular weight is 501 g/mol. The lowest BCUT2D eigenvalue weighted by Crippen LogP contribution is -1.97. The second kappa shape index (κ2) is 7.62. The number of fused-ring (bicyclic) bond motifs is 7. The molecule has 0 radical (unpaired) electrons. The van der Waals surface area contributed by atoms with Crippen molar-refractivity contribution in [2.75, 3.05) is 0 Å². The van der Waals surface area contributed by atoms with Gasteiger partial charge < -0.3 is 13.6 Å². The summed E-state index contributed by atoms with van der Waals surface area (Å²) >= 11 is 0. The van der Waals surface area contributed by atoms with Crippen LogP contribution < -0.4 is 4.74 Å². The fourth-order valence-corrected chi connectivity index (χ4v) is 6.18. The van der Waals surface area contributed by atoms with Gasteiger partial charge in [0, 0.05) is 38.2 Å². The molecule has 3 heteroatoms. The van der Waals surface area contributed by atoms with Crippen molar-refractivity contribution in [3.63, 3.8) is 0 Å². The van der Waals surface area contributed by atoms with E-state index in [0.29, 0.717) is 0 Å². The largest absolute Gasteiger partial charge is 0.456 e. The minimum Gasteiger partial charge on any atom is -0.456 e. The third-order valence-corrected chi connectivity index (χ3v) is 7.92. The van der Waals surface area contributed by atoms with E-state index < -0.39 is 0 Å². The first-order valence-electron chi connectivity index (χ1n) is 13.1. The Morgan fingerprint density at radius 3 is 2.13 bits per heavy atom. The van der Waals surface area contributed by atoms with E-state index in [4.69, 9.17) is 13.6 Å². The van der Waals surface area contributed by atoms with E-state index >= 15 is 0 Å². The highest BCUT2D eigenvalue weighted by molar-refractivity contribution is 6.19. The Morgan fingerprint density at radius 2 is 1.15 bits per heavy atom. The van der Waals surface area contributed by atoms with Gasteiger partial charge >= 0.3 is 0 Å². The number of ether oxygens (including phenoxy) is 1. The quantitative estimate of drug-likeness (QED) is 0.237. The lowest BCUT2D eigenvalue weighted by atomic mass is 9.92. The summed E-state index contributed by atoms with van der Waals surface area (Å²) in [6.45, 7) is 0. The topological polar surface area (TPSA) is 35.5 Å². The number of furan rings is 2. The van der Waals surface area contributed by atoms with Gasteiger partial charge in [0.2, 0.25) is 0 Å². The van der Waals surface area contributed by atoms with Crippen LogP contribution in [0, 0.1) is 0 Å². The molecule has 9 rings (SSSR count). The minimum atomic E-state index is 0.813. The van der Waals surface area contributed by atoms with E-state index in [1.165, 1.54) is 10.9 Å². The third kappa shape index (κ3) is 2.87. The van der Waals surface area contributed by atoms with Gasteiger partial charge in [-0.3, -0.25) is 0 Å². The molecule has 8 aromatic rings. The van der Waals surface area contributed by atoms with Crippen LogP contribution in [-0.2, 0) is 0 Å². The molecular weight excluding hydrogens is 480 g/mol. The van der Waals surface area contributed by atoms with Gasteiger partial charge in [0.05, 0.1) is 0 Å². The average Bonchev–Trinajstić information content (AvgIpc) is 3.63. The molecule has 1 aliphatic heterocycles. The van der Waals surface area contributed by atoms with Crippen LogP contribution in [0.4, 0.5) is 0 Å². The Labute approximate surface area is 223 Å². The van der Waals surface area contributed by atoms with Crippen molar-refractivity contribution in [3.8, 4) is 45.3 Å². The second-order valence-corrected chi connectivity index (χ2v) is 10.0. The molecule has 0 atom stereocenters. The molecule has 39 heavy (non-hydrogen) atoms. The van der Waals surface area contributed by atoms with Crippen LogP contribution in [0.15, 0.2) is 130 Å². The summed E-state index contributed by atoms with van der Waals surface area (Å²) in [6, 6.07) is 41.7. The molecule has 0 aliphatic carbocycles. The number of para-hydroxylation sites is 1. The van der Waals surface area contributed by atoms with Crippen molar-refractivity contribution in [3.05, 3.63) is 121 Å². The first-order valence-corrected chi connectivity index (χ1v) is 13.1. The predicted octanol–water partition coefficient (Wildman–Crippen LogP) is 10.6. The van der Waals surface area contributed by atoms with Gasteiger partial charge in [-0.2, -0.15) is 0 Å². The third-order valence-electron chi connectivity index (χ3n) is 7.92.